The molecule has 3 saturated heterocycles. The number of benzene rings is 1. The fourth-order valence-electron chi connectivity index (χ4n) is 5.58. The number of hydrogen-bond donors (Lipinski definition) is 3. The Morgan fingerprint density at radius 3 is 2.31 bits per heavy atom. The summed E-state index contributed by atoms with van der Waals surface area (Å²) < 4.78 is 0. The van der Waals surface area contributed by atoms with Gasteiger partial charge in [0.2, 0.25) is 0 Å². The molecular formula is C23H34ClN5O3. The van der Waals surface area contributed by atoms with Crippen LogP contribution in [0.1, 0.15) is 37.7 Å². The predicted octanol–water partition coefficient (Wildman–Crippen LogP) is 1.36. The van der Waals surface area contributed by atoms with Gasteiger partial charge in [0.15, 0.2) is 5.54 Å². The van der Waals surface area contributed by atoms with Crippen LogP contribution in [0.4, 0.5) is 4.79 Å². The van der Waals surface area contributed by atoms with Gasteiger partial charge in [-0.15, -0.1) is 0 Å². The van der Waals surface area contributed by atoms with Gasteiger partial charge in [-0.2, -0.15) is 0 Å². The molecule has 0 radical (unpaired) electrons. The van der Waals surface area contributed by atoms with Gasteiger partial charge in [0, 0.05) is 43.2 Å². The van der Waals surface area contributed by atoms with Crippen LogP contribution >= 0.6 is 11.6 Å². The number of amides is 3. The van der Waals surface area contributed by atoms with Gasteiger partial charge in [0.25, 0.3) is 5.91 Å². The van der Waals surface area contributed by atoms with E-state index in [1.165, 1.54) is 17.7 Å². The maximum atomic E-state index is 13.7. The summed E-state index contributed by atoms with van der Waals surface area (Å²) in [5, 5.41) is 14.1. The SMILES string of the molecule is CN1CCC(N2CCC(NC(=O)[C@]3(c4ccc(Cl)cc4)C[C@@H](O)CN3C(N)=O)CC2)CC1. The van der Waals surface area contributed by atoms with Crippen LogP contribution < -0.4 is 11.1 Å². The number of halogens is 1. The molecule has 4 rings (SSSR count). The Morgan fingerprint density at radius 1 is 1.09 bits per heavy atom. The Bertz CT molecular complexity index is 821. The highest BCUT2D eigenvalue weighted by Gasteiger charge is 2.54. The second-order valence-corrected chi connectivity index (χ2v) is 9.93. The van der Waals surface area contributed by atoms with Gasteiger partial charge in [-0.1, -0.05) is 23.7 Å². The number of carbonyl (C=O) groups excluding carboxylic acids is 2. The summed E-state index contributed by atoms with van der Waals surface area (Å²) in [6.07, 6.45) is 3.41. The fraction of sp³-hybridized carbons (Fsp3) is 0.652. The summed E-state index contributed by atoms with van der Waals surface area (Å²) in [7, 11) is 2.17. The van der Waals surface area contributed by atoms with E-state index in [4.69, 9.17) is 17.3 Å². The van der Waals surface area contributed by atoms with Crippen LogP contribution in [0, 0.1) is 0 Å². The average molecular weight is 464 g/mol. The number of aliphatic hydroxyl groups excluding tert-OH is 1. The number of carbonyl (C=O) groups is 2. The van der Waals surface area contributed by atoms with Crippen LogP contribution in [-0.2, 0) is 10.3 Å². The average Bonchev–Trinajstić information content (AvgIpc) is 3.14. The van der Waals surface area contributed by atoms with E-state index in [9.17, 15) is 14.7 Å². The van der Waals surface area contributed by atoms with E-state index in [0.29, 0.717) is 16.6 Å². The third kappa shape index (κ3) is 4.59. The molecule has 3 heterocycles. The third-order valence-electron chi connectivity index (χ3n) is 7.42. The molecule has 0 aliphatic carbocycles. The maximum Gasteiger partial charge on any atom is 0.316 e. The molecule has 2 atom stereocenters. The molecule has 0 bridgehead atoms. The number of nitrogens with two attached hydrogens (primary N) is 1. The lowest BCUT2D eigenvalue weighted by Crippen LogP contribution is -2.59. The Morgan fingerprint density at radius 2 is 1.72 bits per heavy atom. The van der Waals surface area contributed by atoms with Gasteiger partial charge in [0.1, 0.15) is 0 Å². The van der Waals surface area contributed by atoms with Crippen molar-refractivity contribution in [2.45, 2.75) is 55.8 Å². The van der Waals surface area contributed by atoms with Crippen LogP contribution in [0.2, 0.25) is 5.02 Å². The predicted molar refractivity (Wildman–Crippen MR) is 123 cm³/mol. The third-order valence-corrected chi connectivity index (χ3v) is 7.67. The van der Waals surface area contributed by atoms with Crippen molar-refractivity contribution in [3.63, 3.8) is 0 Å². The number of urea groups is 1. The highest BCUT2D eigenvalue weighted by Crippen LogP contribution is 2.40. The minimum atomic E-state index is -1.33. The molecule has 0 spiro atoms. The number of nitrogens with one attached hydrogen (secondary N) is 1. The quantitative estimate of drug-likeness (QED) is 0.625. The van der Waals surface area contributed by atoms with Crippen molar-refractivity contribution < 1.29 is 14.7 Å². The molecule has 9 heteroatoms. The van der Waals surface area contributed by atoms with Gasteiger partial charge in [-0.25, -0.2) is 4.79 Å². The molecule has 0 unspecified atom stereocenters. The first kappa shape index (κ1) is 23.3. The van der Waals surface area contributed by atoms with Gasteiger partial charge >= 0.3 is 6.03 Å². The van der Waals surface area contributed by atoms with Gasteiger partial charge in [0.05, 0.1) is 6.10 Å². The second kappa shape index (κ2) is 9.55. The van der Waals surface area contributed by atoms with Crippen LogP contribution in [0.15, 0.2) is 24.3 Å². The molecule has 4 N–H and O–H groups in total. The van der Waals surface area contributed by atoms with Gasteiger partial charge < -0.3 is 30.9 Å². The van der Waals surface area contributed by atoms with Gasteiger partial charge in [-0.3, -0.25) is 4.79 Å². The highest BCUT2D eigenvalue weighted by atomic mass is 35.5. The Kier molecular flexibility index (Phi) is 6.95. The summed E-state index contributed by atoms with van der Waals surface area (Å²) in [6.45, 7) is 4.21. The van der Waals surface area contributed by atoms with Crippen molar-refractivity contribution in [3.8, 4) is 0 Å². The number of aliphatic hydroxyl groups is 1. The fourth-order valence-corrected chi connectivity index (χ4v) is 5.71. The smallest absolute Gasteiger partial charge is 0.316 e. The molecule has 3 aliphatic rings. The molecule has 3 fully saturated rings. The van der Waals surface area contributed by atoms with E-state index < -0.39 is 17.7 Å². The number of primary amides is 1. The van der Waals surface area contributed by atoms with Crippen molar-refractivity contribution in [1.82, 2.24) is 20.0 Å². The molecule has 1 aromatic rings. The van der Waals surface area contributed by atoms with Crippen LogP contribution in [-0.4, -0.2) is 89.7 Å². The molecule has 0 saturated carbocycles. The zero-order valence-electron chi connectivity index (χ0n) is 18.7. The lowest BCUT2D eigenvalue weighted by Gasteiger charge is -2.42. The number of nitrogens with zero attached hydrogens (tertiary/aromatic N) is 3. The zero-order valence-corrected chi connectivity index (χ0v) is 19.4. The first-order valence-electron chi connectivity index (χ1n) is 11.5. The second-order valence-electron chi connectivity index (χ2n) is 9.49. The topological polar surface area (TPSA) is 102 Å². The number of hydrogen-bond acceptors (Lipinski definition) is 5. The summed E-state index contributed by atoms with van der Waals surface area (Å²) in [5.74, 6) is -0.284. The summed E-state index contributed by atoms with van der Waals surface area (Å²) >= 11 is 6.05. The molecule has 3 amide bonds. The number of β-amino-alcohol motifs (C(OH)–C–C–N with tert-alkyl or cyclic N) is 1. The summed E-state index contributed by atoms with van der Waals surface area (Å²) in [4.78, 5) is 32.2. The normalized spacial score (nSPS) is 28.7. The Hall–Kier alpha value is -1.87. The van der Waals surface area contributed by atoms with Crippen molar-refractivity contribution in [3.05, 3.63) is 34.9 Å². The van der Waals surface area contributed by atoms with E-state index >= 15 is 0 Å². The minimum absolute atomic E-state index is 0.0277. The lowest BCUT2D eigenvalue weighted by molar-refractivity contribution is -0.132. The largest absolute Gasteiger partial charge is 0.391 e. The minimum Gasteiger partial charge on any atom is -0.391 e. The van der Waals surface area contributed by atoms with E-state index in [0.717, 1.165) is 39.0 Å². The first-order chi connectivity index (χ1) is 15.3. The standard InChI is InChI=1S/C23H34ClN5O3/c1-27-10-8-19(9-11-27)28-12-6-18(7-13-28)26-21(31)23(16-2-4-17(24)5-3-16)14-20(30)15-29(23)22(25)32/h2-5,18-20,30H,6-15H2,1H3,(H2,25,32)(H,26,31)/t20-,23-/m1/s1. The first-order valence-corrected chi connectivity index (χ1v) is 11.9. The van der Waals surface area contributed by atoms with E-state index in [1.54, 1.807) is 24.3 Å². The Balaban J connectivity index is 1.47. The van der Waals surface area contributed by atoms with Crippen LogP contribution in [0.3, 0.4) is 0 Å². The number of rotatable bonds is 4. The number of piperidine rings is 2. The molecule has 8 nitrogen and oxygen atoms in total. The van der Waals surface area contributed by atoms with Crippen molar-refractivity contribution in [2.75, 3.05) is 39.8 Å². The highest BCUT2D eigenvalue weighted by molar-refractivity contribution is 6.30. The van der Waals surface area contributed by atoms with E-state index in [2.05, 4.69) is 22.2 Å². The molecular weight excluding hydrogens is 430 g/mol. The van der Waals surface area contributed by atoms with E-state index in [1.807, 2.05) is 0 Å². The van der Waals surface area contributed by atoms with Crippen LogP contribution in [0.5, 0.6) is 0 Å². The monoisotopic (exact) mass is 463 g/mol. The zero-order chi connectivity index (χ0) is 22.9. The summed E-state index contributed by atoms with van der Waals surface area (Å²) in [5.41, 5.74) is 4.92. The van der Waals surface area contributed by atoms with Gasteiger partial charge in [-0.05, 0) is 63.5 Å². The summed E-state index contributed by atoms with van der Waals surface area (Å²) in [6, 6.07) is 6.78. The Labute approximate surface area is 194 Å². The van der Waals surface area contributed by atoms with Crippen molar-refractivity contribution >= 4 is 23.5 Å². The molecule has 32 heavy (non-hydrogen) atoms. The molecule has 3 aliphatic heterocycles. The van der Waals surface area contributed by atoms with Crippen LogP contribution in [0.25, 0.3) is 0 Å². The van der Waals surface area contributed by atoms with E-state index in [-0.39, 0.29) is 24.9 Å². The molecule has 1 aromatic carbocycles. The maximum absolute atomic E-state index is 13.7. The number of likely N-dealkylation sites (tertiary alicyclic amines) is 3. The molecule has 176 valence electrons. The molecule has 0 aromatic heterocycles. The lowest BCUT2D eigenvalue weighted by atomic mass is 9.85. The van der Waals surface area contributed by atoms with Crippen molar-refractivity contribution in [1.29, 1.82) is 0 Å². The van der Waals surface area contributed by atoms with Crippen molar-refractivity contribution in [2.24, 2.45) is 5.73 Å².